The number of rotatable bonds is 5. The fourth-order valence-corrected chi connectivity index (χ4v) is 0.821. The first-order chi connectivity index (χ1) is 6.47. The maximum Gasteiger partial charge on any atom is 0.317 e. The maximum absolute atomic E-state index is 11.2. The first kappa shape index (κ1) is 12.5. The van der Waals surface area contributed by atoms with Gasteiger partial charge in [0.15, 0.2) is 0 Å². The molecule has 0 aliphatic carbocycles. The Balaban J connectivity index is 4.16. The summed E-state index contributed by atoms with van der Waals surface area (Å²) in [6.07, 6.45) is 5.05. The highest BCUT2D eigenvalue weighted by Gasteiger charge is 2.13. The molecule has 0 heterocycles. The van der Waals surface area contributed by atoms with E-state index in [0.29, 0.717) is 0 Å². The van der Waals surface area contributed by atoms with Crippen LogP contribution in [0.2, 0.25) is 0 Å². The van der Waals surface area contributed by atoms with Crippen molar-refractivity contribution in [2.24, 2.45) is 0 Å². The van der Waals surface area contributed by atoms with Crippen molar-refractivity contribution in [2.75, 3.05) is 33.7 Å². The molecule has 1 amide bonds. The molecule has 0 aliphatic rings. The van der Waals surface area contributed by atoms with Crippen LogP contribution >= 0.6 is 0 Å². The molecule has 0 aromatic carbocycles. The zero-order valence-corrected chi connectivity index (χ0v) is 8.36. The number of hydrogen-bond donors (Lipinski definition) is 1. The van der Waals surface area contributed by atoms with Crippen LogP contribution in [0.5, 0.6) is 0 Å². The number of likely N-dealkylation sites (N-methyl/N-ethyl adjacent to an activating group) is 1. The molecule has 0 radical (unpaired) electrons. The second-order valence-electron chi connectivity index (χ2n) is 3.03. The van der Waals surface area contributed by atoms with Gasteiger partial charge in [0.2, 0.25) is 5.91 Å². The molecular formula is C9H14N2O3. The van der Waals surface area contributed by atoms with Crippen LogP contribution in [0.15, 0.2) is 0 Å². The van der Waals surface area contributed by atoms with Crippen molar-refractivity contribution < 1.29 is 14.7 Å². The third-order valence-corrected chi connectivity index (χ3v) is 1.53. The lowest BCUT2D eigenvalue weighted by molar-refractivity contribution is -0.139. The highest BCUT2D eigenvalue weighted by molar-refractivity contribution is 5.78. The van der Waals surface area contributed by atoms with Crippen LogP contribution in [0.1, 0.15) is 0 Å². The van der Waals surface area contributed by atoms with Gasteiger partial charge in [-0.1, -0.05) is 5.92 Å². The predicted molar refractivity (Wildman–Crippen MR) is 51.6 cm³/mol. The molecule has 5 nitrogen and oxygen atoms in total. The smallest absolute Gasteiger partial charge is 0.317 e. The van der Waals surface area contributed by atoms with E-state index in [1.807, 2.05) is 0 Å². The number of aliphatic carboxylic acids is 1. The summed E-state index contributed by atoms with van der Waals surface area (Å²) in [7, 11) is 3.22. The van der Waals surface area contributed by atoms with Gasteiger partial charge in [-0.3, -0.25) is 14.5 Å². The normalized spacial score (nSPS) is 9.57. The highest BCUT2D eigenvalue weighted by Crippen LogP contribution is 1.90. The minimum absolute atomic E-state index is 0.0312. The van der Waals surface area contributed by atoms with Crippen molar-refractivity contribution in [3.63, 3.8) is 0 Å². The van der Waals surface area contributed by atoms with Crippen molar-refractivity contribution >= 4 is 11.9 Å². The van der Waals surface area contributed by atoms with Crippen molar-refractivity contribution in [3.05, 3.63) is 0 Å². The molecule has 0 fully saturated rings. The van der Waals surface area contributed by atoms with E-state index >= 15 is 0 Å². The third kappa shape index (κ3) is 5.17. The fourth-order valence-electron chi connectivity index (χ4n) is 0.821. The molecule has 0 unspecified atom stereocenters. The van der Waals surface area contributed by atoms with E-state index in [2.05, 4.69) is 5.92 Å². The Kier molecular flexibility index (Phi) is 5.34. The summed E-state index contributed by atoms with van der Waals surface area (Å²) in [4.78, 5) is 24.4. The lowest BCUT2D eigenvalue weighted by Crippen LogP contribution is -2.39. The van der Waals surface area contributed by atoms with Crippen LogP contribution in [0.25, 0.3) is 0 Å². The second-order valence-corrected chi connectivity index (χ2v) is 3.03. The van der Waals surface area contributed by atoms with Crippen molar-refractivity contribution in [1.29, 1.82) is 0 Å². The quantitative estimate of drug-likeness (QED) is 0.581. The zero-order chi connectivity index (χ0) is 11.1. The molecule has 78 valence electrons. The number of carbonyl (C=O) groups is 2. The first-order valence-corrected chi connectivity index (χ1v) is 4.05. The van der Waals surface area contributed by atoms with E-state index < -0.39 is 5.97 Å². The van der Waals surface area contributed by atoms with Crippen LogP contribution in [-0.4, -0.2) is 60.5 Å². The number of amides is 1. The Morgan fingerprint density at radius 2 is 1.93 bits per heavy atom. The number of hydrogen-bond acceptors (Lipinski definition) is 3. The van der Waals surface area contributed by atoms with Crippen LogP contribution in [0.3, 0.4) is 0 Å². The number of carbonyl (C=O) groups excluding carboxylic acids is 1. The molecule has 5 heteroatoms. The molecule has 0 atom stereocenters. The Labute approximate surface area is 83.3 Å². The van der Waals surface area contributed by atoms with Gasteiger partial charge in [0.05, 0.1) is 19.6 Å². The SMILES string of the molecule is C#CCN(CC(=O)O)CC(=O)N(C)C. The van der Waals surface area contributed by atoms with E-state index in [4.69, 9.17) is 11.5 Å². The van der Waals surface area contributed by atoms with Crippen molar-refractivity contribution in [1.82, 2.24) is 9.80 Å². The Hall–Kier alpha value is -1.54. The summed E-state index contributed by atoms with van der Waals surface area (Å²) >= 11 is 0. The average molecular weight is 198 g/mol. The van der Waals surface area contributed by atoms with Gasteiger partial charge in [0.25, 0.3) is 0 Å². The van der Waals surface area contributed by atoms with Crippen LogP contribution < -0.4 is 0 Å². The molecule has 14 heavy (non-hydrogen) atoms. The molecule has 1 N–H and O–H groups in total. The fraction of sp³-hybridized carbons (Fsp3) is 0.556. The molecule has 0 bridgehead atoms. The van der Waals surface area contributed by atoms with Gasteiger partial charge < -0.3 is 10.0 Å². The first-order valence-electron chi connectivity index (χ1n) is 4.05. The molecule has 0 saturated carbocycles. The number of carboxylic acid groups (broad SMARTS) is 1. The lowest BCUT2D eigenvalue weighted by atomic mass is 10.4. The van der Waals surface area contributed by atoms with Crippen LogP contribution in [-0.2, 0) is 9.59 Å². The van der Waals surface area contributed by atoms with E-state index in [9.17, 15) is 9.59 Å². The largest absolute Gasteiger partial charge is 0.480 e. The van der Waals surface area contributed by atoms with Crippen LogP contribution in [0.4, 0.5) is 0 Å². The third-order valence-electron chi connectivity index (χ3n) is 1.53. The summed E-state index contributed by atoms with van der Waals surface area (Å²) in [5, 5.41) is 8.53. The number of nitrogens with zero attached hydrogens (tertiary/aromatic N) is 2. The minimum atomic E-state index is -0.994. The Bertz CT molecular complexity index is 255. The monoisotopic (exact) mass is 198 g/mol. The maximum atomic E-state index is 11.2. The molecule has 0 aromatic heterocycles. The van der Waals surface area contributed by atoms with Crippen molar-refractivity contribution in [2.45, 2.75) is 0 Å². The van der Waals surface area contributed by atoms with Gasteiger partial charge in [-0.2, -0.15) is 0 Å². The van der Waals surface area contributed by atoms with E-state index in [1.54, 1.807) is 14.1 Å². The molecule has 0 rings (SSSR count). The highest BCUT2D eigenvalue weighted by atomic mass is 16.4. The summed E-state index contributed by atoms with van der Waals surface area (Å²) < 4.78 is 0. The van der Waals surface area contributed by atoms with Gasteiger partial charge in [-0.15, -0.1) is 6.42 Å². The molecule has 0 aliphatic heterocycles. The van der Waals surface area contributed by atoms with E-state index in [1.165, 1.54) is 9.80 Å². The predicted octanol–water partition coefficient (Wildman–Crippen LogP) is -0.906. The number of terminal acetylenes is 1. The Morgan fingerprint density at radius 1 is 1.36 bits per heavy atom. The zero-order valence-electron chi connectivity index (χ0n) is 8.36. The summed E-state index contributed by atoms with van der Waals surface area (Å²) in [5.74, 6) is 1.15. The lowest BCUT2D eigenvalue weighted by Gasteiger charge is -2.19. The standard InChI is InChI=1S/C9H14N2O3/c1-4-5-11(7-9(13)14)6-8(12)10(2)3/h1H,5-7H2,2-3H3,(H,13,14). The van der Waals surface area contributed by atoms with E-state index in [0.717, 1.165) is 0 Å². The summed E-state index contributed by atoms with van der Waals surface area (Å²) in [6, 6.07) is 0. The Morgan fingerprint density at radius 3 is 2.29 bits per heavy atom. The molecule has 0 spiro atoms. The van der Waals surface area contributed by atoms with Crippen molar-refractivity contribution in [3.8, 4) is 12.3 Å². The number of carboxylic acids is 1. The second kappa shape index (κ2) is 6.00. The molecular weight excluding hydrogens is 184 g/mol. The average Bonchev–Trinajstić information content (AvgIpc) is 2.02. The van der Waals surface area contributed by atoms with Gasteiger partial charge in [0.1, 0.15) is 0 Å². The van der Waals surface area contributed by atoms with Gasteiger partial charge in [-0.05, 0) is 0 Å². The topological polar surface area (TPSA) is 60.9 Å². The van der Waals surface area contributed by atoms with Gasteiger partial charge in [-0.25, -0.2) is 0 Å². The van der Waals surface area contributed by atoms with Crippen LogP contribution in [0, 0.1) is 12.3 Å². The molecule has 0 saturated heterocycles. The van der Waals surface area contributed by atoms with E-state index in [-0.39, 0.29) is 25.5 Å². The molecule has 0 aromatic rings. The summed E-state index contributed by atoms with van der Waals surface area (Å²) in [5.41, 5.74) is 0. The minimum Gasteiger partial charge on any atom is -0.480 e. The summed E-state index contributed by atoms with van der Waals surface area (Å²) in [6.45, 7) is -0.0286. The van der Waals surface area contributed by atoms with Gasteiger partial charge >= 0.3 is 5.97 Å². The van der Waals surface area contributed by atoms with Gasteiger partial charge in [0, 0.05) is 14.1 Å².